The molecule has 0 saturated carbocycles. The standard InChI is InChI=1S/C22H28ClN3.C3H6O2.CO2/c23-21-8-7-19-9-11-24-12-10-20(19)22(21)25-15-17-3-5-18(6-4-17)16-26-13-1-2-14-26;1-2-3(4)5;2-1-3/h3-8,24-25H,1-2,9-16H2;2H2,1H3,(H,4,5);. The molecule has 2 heterocycles. The van der Waals surface area contributed by atoms with Crippen molar-refractivity contribution in [3.63, 3.8) is 0 Å². The smallest absolute Gasteiger partial charge is 0.373 e. The van der Waals surface area contributed by atoms with E-state index in [-0.39, 0.29) is 12.6 Å². The molecule has 2 aliphatic rings. The zero-order valence-electron chi connectivity index (χ0n) is 19.7. The number of hydrogen-bond donors (Lipinski definition) is 3. The van der Waals surface area contributed by atoms with Crippen LogP contribution in [0.2, 0.25) is 5.02 Å². The Kier molecular flexibility index (Phi) is 12.4. The van der Waals surface area contributed by atoms with Crippen molar-refractivity contribution in [2.45, 2.75) is 52.1 Å². The van der Waals surface area contributed by atoms with E-state index < -0.39 is 5.97 Å². The minimum atomic E-state index is -0.745. The first-order valence-corrected chi connectivity index (χ1v) is 12.1. The number of likely N-dealkylation sites (tertiary alicyclic amines) is 1. The SMILES string of the molecule is CCC(=O)O.Clc1ccc2c(c1NCc1ccc(CN3CCCC3)cc1)CCNCC2.O=C=O. The number of carbonyl (C=O) groups excluding carboxylic acids is 2. The van der Waals surface area contributed by atoms with E-state index in [0.29, 0.717) is 0 Å². The van der Waals surface area contributed by atoms with Gasteiger partial charge in [0.1, 0.15) is 0 Å². The lowest BCUT2D eigenvalue weighted by Crippen LogP contribution is -2.18. The maximum Gasteiger partial charge on any atom is 0.373 e. The van der Waals surface area contributed by atoms with Crippen LogP contribution in [0.15, 0.2) is 36.4 Å². The van der Waals surface area contributed by atoms with Crippen LogP contribution in [-0.4, -0.2) is 48.3 Å². The molecule has 3 N–H and O–H groups in total. The lowest BCUT2D eigenvalue weighted by Gasteiger charge is -2.17. The minimum Gasteiger partial charge on any atom is -0.481 e. The Morgan fingerprint density at radius 2 is 1.65 bits per heavy atom. The molecule has 7 nitrogen and oxygen atoms in total. The molecule has 2 aromatic rings. The van der Waals surface area contributed by atoms with Crippen LogP contribution in [0.25, 0.3) is 0 Å². The quantitative estimate of drug-likeness (QED) is 0.563. The molecule has 8 heteroatoms. The fourth-order valence-corrected chi connectivity index (χ4v) is 4.33. The largest absolute Gasteiger partial charge is 0.481 e. The summed E-state index contributed by atoms with van der Waals surface area (Å²) in [4.78, 5) is 28.2. The number of benzene rings is 2. The number of carbonyl (C=O) groups is 1. The Bertz CT molecular complexity index is 938. The van der Waals surface area contributed by atoms with Crippen molar-refractivity contribution in [2.75, 3.05) is 31.5 Å². The molecule has 2 aliphatic heterocycles. The first kappa shape index (κ1) is 27.5. The van der Waals surface area contributed by atoms with E-state index in [1.54, 1.807) is 6.92 Å². The van der Waals surface area contributed by atoms with Crippen LogP contribution >= 0.6 is 11.6 Å². The number of carboxylic acid groups (broad SMARTS) is 1. The average molecular weight is 488 g/mol. The van der Waals surface area contributed by atoms with Gasteiger partial charge in [-0.2, -0.15) is 9.59 Å². The van der Waals surface area contributed by atoms with E-state index in [1.165, 1.54) is 48.2 Å². The molecule has 0 bridgehead atoms. The lowest BCUT2D eigenvalue weighted by atomic mass is 10.0. The fraction of sp³-hybridized carbons (Fsp3) is 0.462. The second-order valence-corrected chi connectivity index (χ2v) is 8.70. The predicted octanol–water partition coefficient (Wildman–Crippen LogP) is 4.13. The third-order valence-electron chi connectivity index (χ3n) is 5.88. The van der Waals surface area contributed by atoms with Crippen molar-refractivity contribution < 1.29 is 19.5 Å². The molecule has 34 heavy (non-hydrogen) atoms. The van der Waals surface area contributed by atoms with Crippen LogP contribution in [0.4, 0.5) is 5.69 Å². The molecule has 4 rings (SSSR count). The Morgan fingerprint density at radius 3 is 2.26 bits per heavy atom. The number of anilines is 1. The highest BCUT2D eigenvalue weighted by atomic mass is 35.5. The number of rotatable bonds is 6. The van der Waals surface area contributed by atoms with Crippen molar-refractivity contribution in [3.05, 3.63) is 63.7 Å². The molecule has 0 aromatic heterocycles. The van der Waals surface area contributed by atoms with E-state index >= 15 is 0 Å². The normalized spacial score (nSPS) is 14.9. The van der Waals surface area contributed by atoms with Gasteiger partial charge < -0.3 is 15.7 Å². The second-order valence-electron chi connectivity index (χ2n) is 8.29. The summed E-state index contributed by atoms with van der Waals surface area (Å²) in [6.07, 6.45) is 5.28. The molecule has 0 aliphatic carbocycles. The Labute approximate surface area is 206 Å². The summed E-state index contributed by atoms with van der Waals surface area (Å²) >= 11 is 6.51. The van der Waals surface area contributed by atoms with Gasteiger partial charge in [-0.3, -0.25) is 9.69 Å². The molecule has 184 valence electrons. The number of fused-ring (bicyclic) bond motifs is 1. The van der Waals surface area contributed by atoms with Crippen molar-refractivity contribution >= 4 is 29.4 Å². The molecule has 1 saturated heterocycles. The third-order valence-corrected chi connectivity index (χ3v) is 6.20. The van der Waals surface area contributed by atoms with Gasteiger partial charge in [-0.1, -0.05) is 48.9 Å². The highest BCUT2D eigenvalue weighted by molar-refractivity contribution is 6.33. The maximum atomic E-state index is 9.37. The van der Waals surface area contributed by atoms with Gasteiger partial charge >= 0.3 is 12.1 Å². The Morgan fingerprint density at radius 1 is 1.06 bits per heavy atom. The first-order chi connectivity index (χ1) is 16.5. The van der Waals surface area contributed by atoms with Crippen molar-refractivity contribution in [3.8, 4) is 0 Å². The molecule has 0 atom stereocenters. The van der Waals surface area contributed by atoms with Crippen LogP contribution in [0.3, 0.4) is 0 Å². The first-order valence-electron chi connectivity index (χ1n) is 11.7. The zero-order chi connectivity index (χ0) is 24.8. The summed E-state index contributed by atoms with van der Waals surface area (Å²) in [6, 6.07) is 13.2. The van der Waals surface area contributed by atoms with Crippen molar-refractivity contribution in [1.82, 2.24) is 10.2 Å². The zero-order valence-corrected chi connectivity index (χ0v) is 20.5. The summed E-state index contributed by atoms with van der Waals surface area (Å²) < 4.78 is 0. The summed E-state index contributed by atoms with van der Waals surface area (Å²) in [6.45, 7) is 8.06. The molecule has 1 fully saturated rings. The van der Waals surface area contributed by atoms with Crippen molar-refractivity contribution in [2.24, 2.45) is 0 Å². The highest BCUT2D eigenvalue weighted by Gasteiger charge is 2.15. The van der Waals surface area contributed by atoms with Gasteiger partial charge in [0.2, 0.25) is 0 Å². The maximum absolute atomic E-state index is 9.37. The van der Waals surface area contributed by atoms with Crippen molar-refractivity contribution in [1.29, 1.82) is 0 Å². The van der Waals surface area contributed by atoms with E-state index in [4.69, 9.17) is 26.3 Å². The van der Waals surface area contributed by atoms with Crippen LogP contribution in [0, 0.1) is 0 Å². The highest BCUT2D eigenvalue weighted by Crippen LogP contribution is 2.31. The summed E-state index contributed by atoms with van der Waals surface area (Å²) in [5.74, 6) is -0.745. The van der Waals surface area contributed by atoms with Gasteiger partial charge in [-0.15, -0.1) is 0 Å². The Balaban J connectivity index is 0.000000447. The number of nitrogens with one attached hydrogen (secondary N) is 2. The average Bonchev–Trinajstić information content (AvgIpc) is 3.23. The number of carboxylic acids is 1. The molecule has 2 aromatic carbocycles. The van der Waals surface area contributed by atoms with Crippen LogP contribution in [0.1, 0.15) is 48.4 Å². The number of halogens is 1. The molecule has 0 unspecified atom stereocenters. The van der Waals surface area contributed by atoms with E-state index in [1.807, 2.05) is 6.07 Å². The number of aliphatic carboxylic acids is 1. The molecular formula is C26H34ClN3O4. The fourth-order valence-electron chi connectivity index (χ4n) is 4.09. The number of hydrogen-bond acceptors (Lipinski definition) is 6. The molecule has 0 amide bonds. The molecular weight excluding hydrogens is 454 g/mol. The molecule has 0 radical (unpaired) electrons. The minimum absolute atomic E-state index is 0.222. The topological polar surface area (TPSA) is 98.7 Å². The van der Waals surface area contributed by atoms with Crippen LogP contribution in [0.5, 0.6) is 0 Å². The lowest BCUT2D eigenvalue weighted by molar-refractivity contribution is -0.191. The van der Waals surface area contributed by atoms with Gasteiger partial charge in [-0.05, 0) is 80.2 Å². The van der Waals surface area contributed by atoms with E-state index in [0.717, 1.165) is 49.7 Å². The Hall–Kier alpha value is -2.70. The third kappa shape index (κ3) is 9.27. The monoisotopic (exact) mass is 487 g/mol. The van der Waals surface area contributed by atoms with Gasteiger partial charge in [-0.25, -0.2) is 0 Å². The van der Waals surface area contributed by atoms with Crippen LogP contribution < -0.4 is 10.6 Å². The summed E-state index contributed by atoms with van der Waals surface area (Å²) in [5.41, 5.74) is 6.63. The van der Waals surface area contributed by atoms with Gasteiger partial charge in [0.25, 0.3) is 0 Å². The number of nitrogens with zero attached hydrogens (tertiary/aromatic N) is 1. The van der Waals surface area contributed by atoms with Gasteiger partial charge in [0.15, 0.2) is 0 Å². The van der Waals surface area contributed by atoms with Gasteiger partial charge in [0.05, 0.1) is 10.7 Å². The summed E-state index contributed by atoms with van der Waals surface area (Å²) in [7, 11) is 0. The predicted molar refractivity (Wildman–Crippen MR) is 133 cm³/mol. The van der Waals surface area contributed by atoms with Gasteiger partial charge in [0, 0.05) is 19.5 Å². The summed E-state index contributed by atoms with van der Waals surface area (Å²) in [5, 5.41) is 15.6. The van der Waals surface area contributed by atoms with E-state index in [9.17, 15) is 4.79 Å². The van der Waals surface area contributed by atoms with Crippen LogP contribution in [-0.2, 0) is 40.3 Å². The second kappa shape index (κ2) is 15.3. The van der Waals surface area contributed by atoms with E-state index in [2.05, 4.69) is 45.9 Å². The molecule has 0 spiro atoms.